The smallest absolute Gasteiger partial charge is 0.0604 e. The maximum absolute atomic E-state index is 9.51. The van der Waals surface area contributed by atoms with Crippen LogP contribution < -0.4 is 4.90 Å². The predicted octanol–water partition coefficient (Wildman–Crippen LogP) is 2.23. The average Bonchev–Trinajstić information content (AvgIpc) is 2.33. The molecule has 4 heteroatoms. The predicted molar refractivity (Wildman–Crippen MR) is 76.4 cm³/mol. The number of piperazine rings is 1. The molecule has 0 aromatic heterocycles. The van der Waals surface area contributed by atoms with Gasteiger partial charge in [0, 0.05) is 29.3 Å². The van der Waals surface area contributed by atoms with E-state index in [-0.39, 0.29) is 18.2 Å². The zero-order valence-corrected chi connectivity index (χ0v) is 12.0. The Balaban J connectivity index is 2.22. The Kier molecular flexibility index (Phi) is 3.85. The molecule has 1 aliphatic rings. The van der Waals surface area contributed by atoms with Gasteiger partial charge in [0.15, 0.2) is 0 Å². The Labute approximate surface area is 114 Å². The van der Waals surface area contributed by atoms with Crippen LogP contribution in [-0.2, 0) is 0 Å². The van der Waals surface area contributed by atoms with Gasteiger partial charge in [-0.15, -0.1) is 0 Å². The van der Waals surface area contributed by atoms with E-state index in [0.29, 0.717) is 0 Å². The van der Waals surface area contributed by atoms with Crippen LogP contribution in [0.25, 0.3) is 0 Å². The summed E-state index contributed by atoms with van der Waals surface area (Å²) >= 11 is 5.92. The van der Waals surface area contributed by atoms with Crippen LogP contribution in [0.4, 0.5) is 5.69 Å². The Bertz CT molecular complexity index is 405. The molecule has 0 saturated carbocycles. The van der Waals surface area contributed by atoms with Crippen molar-refractivity contribution in [3.8, 4) is 0 Å². The summed E-state index contributed by atoms with van der Waals surface area (Å²) in [6.07, 6.45) is 0. The van der Waals surface area contributed by atoms with Crippen LogP contribution in [0.1, 0.15) is 13.8 Å². The molecule has 1 saturated heterocycles. The third kappa shape index (κ3) is 2.63. The van der Waals surface area contributed by atoms with Crippen molar-refractivity contribution in [3.63, 3.8) is 0 Å². The van der Waals surface area contributed by atoms with Crippen LogP contribution in [0, 0.1) is 0 Å². The molecule has 0 radical (unpaired) electrons. The molecule has 1 fully saturated rings. The second-order valence-electron chi connectivity index (χ2n) is 5.62. The Morgan fingerprint density at radius 1 is 1.33 bits per heavy atom. The van der Waals surface area contributed by atoms with Gasteiger partial charge in [-0.1, -0.05) is 11.6 Å². The zero-order valence-electron chi connectivity index (χ0n) is 11.2. The first-order valence-electron chi connectivity index (χ1n) is 6.28. The molecular weight excluding hydrogens is 248 g/mol. The highest BCUT2D eigenvalue weighted by molar-refractivity contribution is 6.30. The van der Waals surface area contributed by atoms with E-state index in [9.17, 15) is 5.11 Å². The van der Waals surface area contributed by atoms with Crippen molar-refractivity contribution in [2.75, 3.05) is 31.6 Å². The van der Waals surface area contributed by atoms with Gasteiger partial charge in [-0.05, 0) is 45.2 Å². The summed E-state index contributed by atoms with van der Waals surface area (Å²) in [5.41, 5.74) is 1.21. The average molecular weight is 269 g/mol. The molecule has 1 heterocycles. The molecule has 3 nitrogen and oxygen atoms in total. The Morgan fingerprint density at radius 3 is 2.50 bits per heavy atom. The van der Waals surface area contributed by atoms with E-state index in [0.717, 1.165) is 18.1 Å². The number of likely N-dealkylation sites (N-methyl/N-ethyl adjacent to an activating group) is 1. The van der Waals surface area contributed by atoms with Crippen LogP contribution >= 0.6 is 11.6 Å². The standard InChI is InChI=1S/C14H21ClN2O/c1-14(2)10-17(8-13(9-18)16(14)3)12-6-4-11(15)5-7-12/h4-7,13,18H,8-10H2,1-3H3. The SMILES string of the molecule is CN1C(CO)CN(c2ccc(Cl)cc2)CC1(C)C. The molecule has 0 amide bonds. The van der Waals surface area contributed by atoms with Gasteiger partial charge in [0.2, 0.25) is 0 Å². The van der Waals surface area contributed by atoms with Crippen LogP contribution in [0.2, 0.25) is 5.02 Å². The van der Waals surface area contributed by atoms with Gasteiger partial charge in [0.1, 0.15) is 0 Å². The topological polar surface area (TPSA) is 26.7 Å². The summed E-state index contributed by atoms with van der Waals surface area (Å²) in [6, 6.07) is 8.08. The number of aliphatic hydroxyl groups is 1. The summed E-state index contributed by atoms with van der Waals surface area (Å²) in [5, 5.41) is 10.3. The summed E-state index contributed by atoms with van der Waals surface area (Å²) < 4.78 is 0. The molecule has 18 heavy (non-hydrogen) atoms. The third-order valence-electron chi connectivity index (χ3n) is 3.91. The van der Waals surface area contributed by atoms with E-state index in [1.165, 1.54) is 5.69 Å². The molecule has 100 valence electrons. The number of nitrogens with zero attached hydrogens (tertiary/aromatic N) is 2. The van der Waals surface area contributed by atoms with Gasteiger partial charge in [0.05, 0.1) is 12.6 Å². The first kappa shape index (κ1) is 13.7. The monoisotopic (exact) mass is 268 g/mol. The molecule has 1 aromatic carbocycles. The van der Waals surface area contributed by atoms with Crippen LogP contribution in [0.3, 0.4) is 0 Å². The first-order valence-corrected chi connectivity index (χ1v) is 6.66. The molecule has 2 rings (SSSR count). The lowest BCUT2D eigenvalue weighted by Crippen LogP contribution is -2.63. The second kappa shape index (κ2) is 5.08. The van der Waals surface area contributed by atoms with Gasteiger partial charge in [0.25, 0.3) is 0 Å². The minimum absolute atomic E-state index is 0.0469. The van der Waals surface area contributed by atoms with Crippen molar-refractivity contribution in [1.82, 2.24) is 4.90 Å². The summed E-state index contributed by atoms with van der Waals surface area (Å²) in [4.78, 5) is 4.58. The lowest BCUT2D eigenvalue weighted by molar-refractivity contribution is 0.0455. The van der Waals surface area contributed by atoms with Crippen LogP contribution in [0.5, 0.6) is 0 Å². The fraction of sp³-hybridized carbons (Fsp3) is 0.571. The van der Waals surface area contributed by atoms with Crippen LogP contribution in [-0.4, -0.2) is 48.3 Å². The zero-order chi connectivity index (χ0) is 13.3. The fourth-order valence-electron chi connectivity index (χ4n) is 2.54. The van der Waals surface area contributed by atoms with Gasteiger partial charge in [-0.2, -0.15) is 0 Å². The van der Waals surface area contributed by atoms with Crippen molar-refractivity contribution >= 4 is 17.3 Å². The maximum atomic E-state index is 9.51. The first-order chi connectivity index (χ1) is 8.44. The minimum Gasteiger partial charge on any atom is -0.395 e. The molecule has 0 aliphatic carbocycles. The largest absolute Gasteiger partial charge is 0.395 e. The molecule has 0 bridgehead atoms. The molecule has 1 unspecified atom stereocenters. The highest BCUT2D eigenvalue weighted by atomic mass is 35.5. The highest BCUT2D eigenvalue weighted by Crippen LogP contribution is 2.28. The van der Waals surface area contributed by atoms with Crippen molar-refractivity contribution in [1.29, 1.82) is 0 Å². The van der Waals surface area contributed by atoms with Gasteiger partial charge in [-0.25, -0.2) is 0 Å². The van der Waals surface area contributed by atoms with Gasteiger partial charge >= 0.3 is 0 Å². The summed E-state index contributed by atoms with van der Waals surface area (Å²) in [5.74, 6) is 0. The quantitative estimate of drug-likeness (QED) is 0.891. The fourth-order valence-corrected chi connectivity index (χ4v) is 2.67. The number of anilines is 1. The highest BCUT2D eigenvalue weighted by Gasteiger charge is 2.37. The second-order valence-corrected chi connectivity index (χ2v) is 6.05. The van der Waals surface area contributed by atoms with E-state index in [4.69, 9.17) is 11.6 Å². The van der Waals surface area contributed by atoms with E-state index < -0.39 is 0 Å². The number of hydrogen-bond donors (Lipinski definition) is 1. The number of halogens is 1. The molecule has 1 aliphatic heterocycles. The van der Waals surface area contributed by atoms with E-state index in [1.807, 2.05) is 24.3 Å². The molecule has 1 aromatic rings. The number of aliphatic hydroxyl groups excluding tert-OH is 1. The van der Waals surface area contributed by atoms with Crippen molar-refractivity contribution in [3.05, 3.63) is 29.3 Å². The van der Waals surface area contributed by atoms with E-state index >= 15 is 0 Å². The summed E-state index contributed by atoms with van der Waals surface area (Å²) in [6.45, 7) is 6.39. The Morgan fingerprint density at radius 2 is 1.94 bits per heavy atom. The van der Waals surface area contributed by atoms with Gasteiger partial charge in [-0.3, -0.25) is 4.90 Å². The van der Waals surface area contributed by atoms with Crippen LogP contribution in [0.15, 0.2) is 24.3 Å². The third-order valence-corrected chi connectivity index (χ3v) is 4.17. The minimum atomic E-state index is 0.0469. The number of benzene rings is 1. The molecular formula is C14H21ClN2O. The van der Waals surface area contributed by atoms with Gasteiger partial charge < -0.3 is 10.0 Å². The van der Waals surface area contributed by atoms with Crippen molar-refractivity contribution in [2.24, 2.45) is 0 Å². The van der Waals surface area contributed by atoms with E-state index in [2.05, 4.69) is 30.7 Å². The molecule has 1 N–H and O–H groups in total. The molecule has 1 atom stereocenters. The normalized spacial score (nSPS) is 24.3. The Hall–Kier alpha value is -0.770. The van der Waals surface area contributed by atoms with Crippen molar-refractivity contribution < 1.29 is 5.11 Å². The number of hydrogen-bond acceptors (Lipinski definition) is 3. The lowest BCUT2D eigenvalue weighted by atomic mass is 9.95. The molecule has 0 spiro atoms. The van der Waals surface area contributed by atoms with Crippen molar-refractivity contribution in [2.45, 2.75) is 25.4 Å². The maximum Gasteiger partial charge on any atom is 0.0604 e. The van der Waals surface area contributed by atoms with E-state index in [1.54, 1.807) is 0 Å². The number of rotatable bonds is 2. The summed E-state index contributed by atoms with van der Waals surface area (Å²) in [7, 11) is 2.08. The lowest BCUT2D eigenvalue weighted by Gasteiger charge is -2.50.